The SMILES string of the molecule is O=C(NCCc1ccc(C(=O)Nc2ccncc2)cc1Cl)OCc1ccccc1. The average Bonchev–Trinajstić information content (AvgIpc) is 2.75. The zero-order valence-corrected chi connectivity index (χ0v) is 16.4. The number of halogens is 1. The minimum atomic E-state index is -0.488. The monoisotopic (exact) mass is 409 g/mol. The van der Waals surface area contributed by atoms with E-state index in [1.54, 1.807) is 42.7 Å². The molecule has 1 aromatic heterocycles. The topological polar surface area (TPSA) is 80.3 Å². The molecule has 1 heterocycles. The Bertz CT molecular complexity index is 966. The second-order valence-electron chi connectivity index (χ2n) is 6.23. The molecule has 0 spiro atoms. The smallest absolute Gasteiger partial charge is 0.407 e. The van der Waals surface area contributed by atoms with Crippen molar-refractivity contribution >= 4 is 29.3 Å². The summed E-state index contributed by atoms with van der Waals surface area (Å²) in [5.74, 6) is -0.257. The van der Waals surface area contributed by atoms with Crippen LogP contribution >= 0.6 is 11.6 Å². The van der Waals surface area contributed by atoms with E-state index in [-0.39, 0.29) is 12.5 Å². The molecule has 0 aliphatic heterocycles. The summed E-state index contributed by atoms with van der Waals surface area (Å²) in [7, 11) is 0. The van der Waals surface area contributed by atoms with Crippen molar-refractivity contribution in [3.05, 3.63) is 94.8 Å². The summed E-state index contributed by atoms with van der Waals surface area (Å²) in [4.78, 5) is 28.0. The fraction of sp³-hybridized carbons (Fsp3) is 0.136. The molecule has 2 amide bonds. The van der Waals surface area contributed by atoms with Gasteiger partial charge in [0, 0.05) is 35.2 Å². The van der Waals surface area contributed by atoms with Gasteiger partial charge in [0.05, 0.1) is 0 Å². The molecule has 7 heteroatoms. The van der Waals surface area contributed by atoms with Crippen molar-refractivity contribution in [1.82, 2.24) is 10.3 Å². The van der Waals surface area contributed by atoms with Crippen LogP contribution < -0.4 is 10.6 Å². The Balaban J connectivity index is 1.46. The fourth-order valence-electron chi connectivity index (χ4n) is 2.60. The standard InChI is InChI=1S/C22H20ClN3O3/c23-20-14-18(21(27)26-19-9-11-24-12-10-19)7-6-17(20)8-13-25-22(28)29-15-16-4-2-1-3-5-16/h1-7,9-12,14H,8,13,15H2,(H,25,28)(H,24,26,27). The van der Waals surface area contributed by atoms with Crippen LogP contribution in [0.25, 0.3) is 0 Å². The van der Waals surface area contributed by atoms with Gasteiger partial charge < -0.3 is 15.4 Å². The molecular formula is C22H20ClN3O3. The number of ether oxygens (including phenoxy) is 1. The van der Waals surface area contributed by atoms with Gasteiger partial charge in [-0.25, -0.2) is 4.79 Å². The lowest BCUT2D eigenvalue weighted by molar-refractivity contribution is 0.102. The van der Waals surface area contributed by atoms with Gasteiger partial charge in [-0.1, -0.05) is 48.0 Å². The van der Waals surface area contributed by atoms with Crippen LogP contribution in [0.4, 0.5) is 10.5 Å². The summed E-state index contributed by atoms with van der Waals surface area (Å²) in [5.41, 5.74) is 2.86. The lowest BCUT2D eigenvalue weighted by atomic mass is 10.1. The van der Waals surface area contributed by atoms with Gasteiger partial charge in [-0.15, -0.1) is 0 Å². The Labute approximate surface area is 173 Å². The van der Waals surface area contributed by atoms with Crippen molar-refractivity contribution < 1.29 is 14.3 Å². The molecule has 6 nitrogen and oxygen atoms in total. The molecule has 0 aliphatic rings. The van der Waals surface area contributed by atoms with E-state index in [9.17, 15) is 9.59 Å². The van der Waals surface area contributed by atoms with Gasteiger partial charge in [0.2, 0.25) is 0 Å². The molecule has 3 aromatic rings. The molecule has 0 aliphatic carbocycles. The second-order valence-corrected chi connectivity index (χ2v) is 6.64. The number of rotatable bonds is 7. The third-order valence-corrected chi connectivity index (χ3v) is 4.48. The van der Waals surface area contributed by atoms with Gasteiger partial charge in [0.25, 0.3) is 5.91 Å². The molecule has 0 saturated heterocycles. The normalized spacial score (nSPS) is 10.2. The highest BCUT2D eigenvalue weighted by atomic mass is 35.5. The van der Waals surface area contributed by atoms with Crippen molar-refractivity contribution in [1.29, 1.82) is 0 Å². The van der Waals surface area contributed by atoms with Crippen LogP contribution in [0.15, 0.2) is 73.1 Å². The first-order valence-electron chi connectivity index (χ1n) is 9.06. The predicted molar refractivity (Wildman–Crippen MR) is 112 cm³/mol. The Kier molecular flexibility index (Phi) is 7.19. The number of benzene rings is 2. The van der Waals surface area contributed by atoms with E-state index in [2.05, 4.69) is 15.6 Å². The zero-order chi connectivity index (χ0) is 20.5. The van der Waals surface area contributed by atoms with Crippen LogP contribution in [0.1, 0.15) is 21.5 Å². The third kappa shape index (κ3) is 6.33. The van der Waals surface area contributed by atoms with Crippen LogP contribution in [-0.2, 0) is 17.8 Å². The van der Waals surface area contributed by atoms with E-state index in [1.165, 1.54) is 0 Å². The number of aromatic nitrogens is 1. The summed E-state index contributed by atoms with van der Waals surface area (Å²) in [6, 6.07) is 18.0. The minimum Gasteiger partial charge on any atom is -0.445 e. The van der Waals surface area contributed by atoms with Crippen molar-refractivity contribution in [2.75, 3.05) is 11.9 Å². The number of hydrogen-bond acceptors (Lipinski definition) is 4. The van der Waals surface area contributed by atoms with E-state index < -0.39 is 6.09 Å². The molecule has 0 saturated carbocycles. The second kappa shape index (κ2) is 10.2. The van der Waals surface area contributed by atoms with Crippen molar-refractivity contribution in [3.8, 4) is 0 Å². The molecule has 2 aromatic carbocycles. The molecule has 0 radical (unpaired) electrons. The first-order chi connectivity index (χ1) is 14.1. The molecule has 0 atom stereocenters. The number of nitrogens with one attached hydrogen (secondary N) is 2. The maximum absolute atomic E-state index is 12.3. The van der Waals surface area contributed by atoms with Gasteiger partial charge in [-0.2, -0.15) is 0 Å². The van der Waals surface area contributed by atoms with Crippen molar-refractivity contribution in [2.24, 2.45) is 0 Å². The molecule has 148 valence electrons. The number of anilines is 1. The maximum atomic E-state index is 12.3. The lowest BCUT2D eigenvalue weighted by Crippen LogP contribution is -2.26. The summed E-state index contributed by atoms with van der Waals surface area (Å²) >= 11 is 6.30. The predicted octanol–water partition coefficient (Wildman–Crippen LogP) is 4.46. The molecule has 29 heavy (non-hydrogen) atoms. The van der Waals surface area contributed by atoms with E-state index in [0.29, 0.717) is 29.2 Å². The number of carbonyl (C=O) groups is 2. The molecule has 2 N–H and O–H groups in total. The largest absolute Gasteiger partial charge is 0.445 e. The summed E-state index contributed by atoms with van der Waals surface area (Å²) < 4.78 is 5.16. The Hall–Kier alpha value is -3.38. The molecule has 0 bridgehead atoms. The maximum Gasteiger partial charge on any atom is 0.407 e. The summed E-state index contributed by atoms with van der Waals surface area (Å²) in [6.07, 6.45) is 3.23. The van der Waals surface area contributed by atoms with Gasteiger partial charge in [-0.05, 0) is 41.8 Å². The van der Waals surface area contributed by atoms with Crippen LogP contribution in [-0.4, -0.2) is 23.5 Å². The quantitative estimate of drug-likeness (QED) is 0.603. The van der Waals surface area contributed by atoms with E-state index in [0.717, 1.165) is 11.1 Å². The number of nitrogens with zero attached hydrogens (tertiary/aromatic N) is 1. The summed E-state index contributed by atoms with van der Waals surface area (Å²) in [5, 5.41) is 5.94. The minimum absolute atomic E-state index is 0.217. The molecule has 0 fully saturated rings. The molecular weight excluding hydrogens is 390 g/mol. The number of alkyl carbamates (subject to hydrolysis) is 1. The van der Waals surface area contributed by atoms with E-state index in [4.69, 9.17) is 16.3 Å². The van der Waals surface area contributed by atoms with Gasteiger partial charge in [-0.3, -0.25) is 9.78 Å². The lowest BCUT2D eigenvalue weighted by Gasteiger charge is -2.10. The highest BCUT2D eigenvalue weighted by Gasteiger charge is 2.10. The van der Waals surface area contributed by atoms with Gasteiger partial charge in [0.15, 0.2) is 0 Å². The van der Waals surface area contributed by atoms with Gasteiger partial charge in [0.1, 0.15) is 6.61 Å². The zero-order valence-electron chi connectivity index (χ0n) is 15.6. The number of carbonyl (C=O) groups excluding carboxylic acids is 2. The fourth-order valence-corrected chi connectivity index (χ4v) is 2.88. The van der Waals surface area contributed by atoms with E-state index in [1.807, 2.05) is 30.3 Å². The Morgan fingerprint density at radius 2 is 1.76 bits per heavy atom. The number of hydrogen-bond donors (Lipinski definition) is 2. The number of pyridine rings is 1. The van der Waals surface area contributed by atoms with E-state index >= 15 is 0 Å². The van der Waals surface area contributed by atoms with Crippen molar-refractivity contribution in [3.63, 3.8) is 0 Å². The molecule has 3 rings (SSSR count). The van der Waals surface area contributed by atoms with Crippen molar-refractivity contribution in [2.45, 2.75) is 13.0 Å². The highest BCUT2D eigenvalue weighted by Crippen LogP contribution is 2.19. The van der Waals surface area contributed by atoms with Crippen LogP contribution in [0, 0.1) is 0 Å². The highest BCUT2D eigenvalue weighted by molar-refractivity contribution is 6.31. The van der Waals surface area contributed by atoms with Crippen LogP contribution in [0.3, 0.4) is 0 Å². The van der Waals surface area contributed by atoms with Crippen LogP contribution in [0.5, 0.6) is 0 Å². The molecule has 0 unspecified atom stereocenters. The number of amides is 2. The Morgan fingerprint density at radius 1 is 1.00 bits per heavy atom. The summed E-state index contributed by atoms with van der Waals surface area (Å²) in [6.45, 7) is 0.588. The van der Waals surface area contributed by atoms with Crippen LogP contribution in [0.2, 0.25) is 5.02 Å². The average molecular weight is 410 g/mol. The van der Waals surface area contributed by atoms with Gasteiger partial charge >= 0.3 is 6.09 Å². The first-order valence-corrected chi connectivity index (χ1v) is 9.44. The first kappa shape index (κ1) is 20.4. The Morgan fingerprint density at radius 3 is 2.48 bits per heavy atom. The third-order valence-electron chi connectivity index (χ3n) is 4.13.